The number of allylic oxidation sites excluding steroid dienone is 1. The molecule has 0 atom stereocenters. The van der Waals surface area contributed by atoms with E-state index in [-0.39, 0.29) is 5.91 Å². The number of amides is 1. The maximum atomic E-state index is 12.5. The van der Waals surface area contributed by atoms with Gasteiger partial charge in [-0.25, -0.2) is 4.98 Å². The second-order valence-electron chi connectivity index (χ2n) is 6.59. The van der Waals surface area contributed by atoms with Crippen LogP contribution in [0.15, 0.2) is 11.6 Å². The zero-order valence-electron chi connectivity index (χ0n) is 14.7. The molecule has 4 nitrogen and oxygen atoms in total. The first kappa shape index (κ1) is 17.0. The summed E-state index contributed by atoms with van der Waals surface area (Å²) in [5, 5.41) is 3.95. The smallest absolute Gasteiger partial charge is 0.263 e. The van der Waals surface area contributed by atoms with E-state index in [1.54, 1.807) is 0 Å². The molecule has 0 spiro atoms. The molecule has 0 bridgehead atoms. The third-order valence-electron chi connectivity index (χ3n) is 5.00. The van der Waals surface area contributed by atoms with E-state index in [1.165, 1.54) is 42.6 Å². The van der Waals surface area contributed by atoms with E-state index >= 15 is 0 Å². The lowest BCUT2D eigenvalue weighted by atomic mass is 9.97. The van der Waals surface area contributed by atoms with Crippen LogP contribution in [-0.4, -0.2) is 17.4 Å². The molecule has 128 valence electrons. The van der Waals surface area contributed by atoms with Gasteiger partial charge in [0.25, 0.3) is 5.91 Å². The highest BCUT2D eigenvalue weighted by atomic mass is 32.1. The highest BCUT2D eigenvalue weighted by Gasteiger charge is 2.20. The number of aromatic nitrogens is 1. The Hall–Kier alpha value is -1.88. The van der Waals surface area contributed by atoms with Crippen molar-refractivity contribution in [1.82, 2.24) is 10.3 Å². The molecule has 3 N–H and O–H groups in total. The Morgan fingerprint density at radius 2 is 2.08 bits per heavy atom. The molecule has 0 fully saturated rings. The average molecular weight is 343 g/mol. The predicted octanol–water partition coefficient (Wildman–Crippen LogP) is 4.42. The van der Waals surface area contributed by atoms with Crippen molar-refractivity contribution in [2.75, 3.05) is 12.3 Å². The monoisotopic (exact) mass is 343 g/mol. The summed E-state index contributed by atoms with van der Waals surface area (Å²) in [7, 11) is 0. The predicted molar refractivity (Wildman–Crippen MR) is 102 cm³/mol. The van der Waals surface area contributed by atoms with Crippen LogP contribution < -0.4 is 11.1 Å². The molecular weight excluding hydrogens is 318 g/mol. The van der Waals surface area contributed by atoms with Crippen molar-refractivity contribution in [3.05, 3.63) is 33.3 Å². The second-order valence-corrected chi connectivity index (χ2v) is 7.59. The van der Waals surface area contributed by atoms with Gasteiger partial charge in [0, 0.05) is 17.6 Å². The average Bonchev–Trinajstić information content (AvgIpc) is 2.90. The summed E-state index contributed by atoms with van der Waals surface area (Å²) in [6.07, 6.45) is 8.17. The number of carbonyl (C=O) groups is 1. The summed E-state index contributed by atoms with van der Waals surface area (Å²) in [5.74, 6) is -0.0818. The highest BCUT2D eigenvalue weighted by Crippen LogP contribution is 2.36. The number of hydrogen-bond acceptors (Lipinski definition) is 4. The third-order valence-corrected chi connectivity index (χ3v) is 6.10. The van der Waals surface area contributed by atoms with Crippen molar-refractivity contribution in [3.8, 4) is 0 Å². The van der Waals surface area contributed by atoms with E-state index in [0.717, 1.165) is 33.5 Å². The summed E-state index contributed by atoms with van der Waals surface area (Å²) in [6.45, 7) is 6.76. The lowest BCUT2D eigenvalue weighted by molar-refractivity contribution is 0.0959. The molecule has 3 rings (SSSR count). The highest BCUT2D eigenvalue weighted by molar-refractivity contribution is 7.21. The standard InChI is InChI=1S/C19H25N3OS/c1-11-12(2)15-16(20)17(24-19(15)22-13(11)3)18(23)21-10-9-14-7-5-4-6-8-14/h7H,4-6,8-10,20H2,1-3H3,(H,21,23). The number of anilines is 1. The zero-order chi connectivity index (χ0) is 17.3. The number of thiophene rings is 1. The zero-order valence-corrected chi connectivity index (χ0v) is 15.5. The molecule has 0 aliphatic heterocycles. The Morgan fingerprint density at radius 1 is 1.29 bits per heavy atom. The van der Waals surface area contributed by atoms with Gasteiger partial charge in [0.05, 0.1) is 5.69 Å². The fraction of sp³-hybridized carbons (Fsp3) is 0.474. The van der Waals surface area contributed by atoms with Gasteiger partial charge >= 0.3 is 0 Å². The van der Waals surface area contributed by atoms with Gasteiger partial charge in [0.2, 0.25) is 0 Å². The number of pyridine rings is 1. The van der Waals surface area contributed by atoms with Crippen LogP contribution in [0.5, 0.6) is 0 Å². The van der Waals surface area contributed by atoms with Crippen LogP contribution in [0.25, 0.3) is 10.2 Å². The van der Waals surface area contributed by atoms with Crippen LogP contribution in [0.2, 0.25) is 0 Å². The van der Waals surface area contributed by atoms with Gasteiger partial charge in [-0.2, -0.15) is 0 Å². The maximum absolute atomic E-state index is 12.5. The molecule has 1 aliphatic rings. The normalized spacial score (nSPS) is 14.7. The lowest BCUT2D eigenvalue weighted by Gasteiger charge is -2.12. The largest absolute Gasteiger partial charge is 0.397 e. The molecule has 0 saturated carbocycles. The van der Waals surface area contributed by atoms with Gasteiger partial charge in [0.15, 0.2) is 0 Å². The van der Waals surface area contributed by atoms with Gasteiger partial charge < -0.3 is 11.1 Å². The fourth-order valence-corrected chi connectivity index (χ4v) is 4.40. The fourth-order valence-electron chi connectivity index (χ4n) is 3.28. The first-order chi connectivity index (χ1) is 11.5. The minimum Gasteiger partial charge on any atom is -0.397 e. The summed E-state index contributed by atoms with van der Waals surface area (Å²) in [5.41, 5.74) is 11.6. The molecule has 2 aromatic heterocycles. The number of hydrogen-bond donors (Lipinski definition) is 2. The van der Waals surface area contributed by atoms with Gasteiger partial charge in [-0.15, -0.1) is 11.3 Å². The quantitative estimate of drug-likeness (QED) is 0.807. The molecule has 0 aromatic carbocycles. The molecule has 0 radical (unpaired) electrons. The van der Waals surface area contributed by atoms with Gasteiger partial charge in [-0.05, 0) is 64.0 Å². The van der Waals surface area contributed by atoms with Crippen LogP contribution in [0.1, 0.15) is 58.6 Å². The molecule has 0 unspecified atom stereocenters. The Balaban J connectivity index is 1.76. The Bertz CT molecular complexity index is 820. The number of aryl methyl sites for hydroxylation is 2. The summed E-state index contributed by atoms with van der Waals surface area (Å²) in [6, 6.07) is 0. The number of nitrogens with two attached hydrogens (primary N) is 1. The SMILES string of the molecule is Cc1nc2sc(C(=O)NCCC3=CCCCC3)c(N)c2c(C)c1C. The number of nitrogens with one attached hydrogen (secondary N) is 1. The molecule has 1 aliphatic carbocycles. The van der Waals surface area contributed by atoms with Crippen molar-refractivity contribution >= 4 is 33.1 Å². The second kappa shape index (κ2) is 6.93. The molecular formula is C19H25N3OS. The van der Waals surface area contributed by atoms with E-state index in [4.69, 9.17) is 5.73 Å². The third kappa shape index (κ3) is 3.18. The van der Waals surface area contributed by atoms with Crippen molar-refractivity contribution < 1.29 is 4.79 Å². The van der Waals surface area contributed by atoms with Gasteiger partial charge in [0.1, 0.15) is 9.71 Å². The Kier molecular flexibility index (Phi) is 4.90. The van der Waals surface area contributed by atoms with E-state index in [1.807, 2.05) is 20.8 Å². The molecule has 0 saturated heterocycles. The summed E-state index contributed by atoms with van der Waals surface area (Å²) >= 11 is 1.39. The maximum Gasteiger partial charge on any atom is 0.263 e. The van der Waals surface area contributed by atoms with E-state index in [2.05, 4.69) is 16.4 Å². The molecule has 2 heterocycles. The number of nitrogen functional groups attached to an aromatic ring is 1. The molecule has 24 heavy (non-hydrogen) atoms. The van der Waals surface area contributed by atoms with E-state index in [9.17, 15) is 4.79 Å². The van der Waals surface area contributed by atoms with Crippen molar-refractivity contribution in [2.24, 2.45) is 0 Å². The molecule has 2 aromatic rings. The Labute approximate surface area is 147 Å². The van der Waals surface area contributed by atoms with Crippen LogP contribution in [-0.2, 0) is 0 Å². The van der Waals surface area contributed by atoms with Crippen molar-refractivity contribution in [3.63, 3.8) is 0 Å². The summed E-state index contributed by atoms with van der Waals surface area (Å²) < 4.78 is 0. The number of rotatable bonds is 4. The topological polar surface area (TPSA) is 68.0 Å². The van der Waals surface area contributed by atoms with E-state index in [0.29, 0.717) is 17.1 Å². The number of carbonyl (C=O) groups excluding carboxylic acids is 1. The van der Waals surface area contributed by atoms with Crippen LogP contribution in [0.3, 0.4) is 0 Å². The number of nitrogens with zero attached hydrogens (tertiary/aromatic N) is 1. The van der Waals surface area contributed by atoms with E-state index < -0.39 is 0 Å². The van der Waals surface area contributed by atoms with Gasteiger partial charge in [-0.3, -0.25) is 4.79 Å². The summed E-state index contributed by atoms with van der Waals surface area (Å²) in [4.78, 5) is 18.6. The van der Waals surface area contributed by atoms with Crippen LogP contribution in [0, 0.1) is 20.8 Å². The van der Waals surface area contributed by atoms with Crippen LogP contribution >= 0.6 is 11.3 Å². The minimum absolute atomic E-state index is 0.0818. The first-order valence-corrected chi connectivity index (χ1v) is 9.42. The lowest BCUT2D eigenvalue weighted by Crippen LogP contribution is -2.24. The molecule has 5 heteroatoms. The van der Waals surface area contributed by atoms with Crippen LogP contribution in [0.4, 0.5) is 5.69 Å². The first-order valence-electron chi connectivity index (χ1n) is 8.61. The number of fused-ring (bicyclic) bond motifs is 1. The molecule has 1 amide bonds. The minimum atomic E-state index is -0.0818. The van der Waals surface area contributed by atoms with Crippen molar-refractivity contribution in [1.29, 1.82) is 0 Å². The Morgan fingerprint density at radius 3 is 2.79 bits per heavy atom. The van der Waals surface area contributed by atoms with Gasteiger partial charge in [-0.1, -0.05) is 11.6 Å². The van der Waals surface area contributed by atoms with Crippen molar-refractivity contribution in [2.45, 2.75) is 52.9 Å².